The summed E-state index contributed by atoms with van der Waals surface area (Å²) >= 11 is 7.55. The Kier molecular flexibility index (Phi) is 4.80. The van der Waals surface area contributed by atoms with E-state index >= 15 is 0 Å². The Morgan fingerprint density at radius 2 is 2.16 bits per heavy atom. The molecule has 2 N–H and O–H groups in total. The van der Waals surface area contributed by atoms with Crippen LogP contribution in [0.2, 0.25) is 4.34 Å². The lowest BCUT2D eigenvalue weighted by molar-refractivity contribution is 0.885. The van der Waals surface area contributed by atoms with E-state index in [0.29, 0.717) is 6.54 Å². The number of pyridine rings is 1. The molecule has 0 fully saturated rings. The molecule has 3 nitrogen and oxygen atoms in total. The average molecular weight is 296 g/mol. The van der Waals surface area contributed by atoms with Crippen molar-refractivity contribution in [3.05, 3.63) is 44.7 Å². The first-order chi connectivity index (χ1) is 9.12. The van der Waals surface area contributed by atoms with Gasteiger partial charge in [0.15, 0.2) is 0 Å². The summed E-state index contributed by atoms with van der Waals surface area (Å²) in [6.45, 7) is 3.45. The molecule has 2 heterocycles. The molecule has 0 radical (unpaired) electrons. The summed E-state index contributed by atoms with van der Waals surface area (Å²) in [5.74, 6) is 0.962. The molecule has 2 aromatic heterocycles. The Bertz CT molecular complexity index is 531. The first-order valence-electron chi connectivity index (χ1n) is 6.27. The van der Waals surface area contributed by atoms with Gasteiger partial charge in [-0.1, -0.05) is 18.5 Å². The highest BCUT2D eigenvalue weighted by atomic mass is 35.5. The molecule has 2 rings (SSSR count). The third-order valence-corrected chi connectivity index (χ3v) is 4.15. The maximum absolute atomic E-state index is 5.95. The number of nitrogens with zero attached hydrogens (tertiary/aromatic N) is 2. The van der Waals surface area contributed by atoms with Crippen LogP contribution >= 0.6 is 22.9 Å². The van der Waals surface area contributed by atoms with Crippen molar-refractivity contribution in [2.24, 2.45) is 5.73 Å². The minimum atomic E-state index is 0.543. The molecule has 0 aromatic carbocycles. The van der Waals surface area contributed by atoms with E-state index < -0.39 is 0 Å². The van der Waals surface area contributed by atoms with Crippen LogP contribution in [-0.2, 0) is 19.5 Å². The van der Waals surface area contributed by atoms with Gasteiger partial charge in [-0.2, -0.15) is 0 Å². The van der Waals surface area contributed by atoms with Crippen LogP contribution in [-0.4, -0.2) is 12.0 Å². The molecule has 0 unspecified atom stereocenters. The zero-order valence-corrected chi connectivity index (χ0v) is 12.8. The summed E-state index contributed by atoms with van der Waals surface area (Å²) in [4.78, 5) is 8.00. The molecular weight excluding hydrogens is 278 g/mol. The Morgan fingerprint density at radius 1 is 1.37 bits per heavy atom. The lowest BCUT2D eigenvalue weighted by Gasteiger charge is -2.19. The van der Waals surface area contributed by atoms with Gasteiger partial charge in [-0.15, -0.1) is 11.3 Å². The average Bonchev–Trinajstić information content (AvgIpc) is 2.83. The summed E-state index contributed by atoms with van der Waals surface area (Å²) in [6, 6.07) is 8.10. The quantitative estimate of drug-likeness (QED) is 0.918. The van der Waals surface area contributed by atoms with Gasteiger partial charge in [-0.05, 0) is 36.2 Å². The second kappa shape index (κ2) is 6.37. The number of nitrogens with two attached hydrogens (primary N) is 1. The van der Waals surface area contributed by atoms with Crippen molar-refractivity contribution >= 4 is 28.8 Å². The van der Waals surface area contributed by atoms with E-state index in [1.165, 1.54) is 4.88 Å². The lowest BCUT2D eigenvalue weighted by Crippen LogP contribution is -2.18. The molecule has 0 amide bonds. The van der Waals surface area contributed by atoms with Gasteiger partial charge in [0.05, 0.1) is 10.9 Å². The lowest BCUT2D eigenvalue weighted by atomic mass is 10.2. The van der Waals surface area contributed by atoms with E-state index in [4.69, 9.17) is 17.3 Å². The highest BCUT2D eigenvalue weighted by Crippen LogP contribution is 2.24. The maximum atomic E-state index is 5.95. The van der Waals surface area contributed by atoms with Gasteiger partial charge in [0.1, 0.15) is 5.82 Å². The van der Waals surface area contributed by atoms with Gasteiger partial charge in [0.2, 0.25) is 0 Å². The van der Waals surface area contributed by atoms with Crippen LogP contribution in [0, 0.1) is 0 Å². The summed E-state index contributed by atoms with van der Waals surface area (Å²) in [6.07, 6.45) is 0.916. The van der Waals surface area contributed by atoms with Crippen molar-refractivity contribution < 1.29 is 0 Å². The Morgan fingerprint density at radius 3 is 2.74 bits per heavy atom. The monoisotopic (exact) mass is 295 g/mol. The van der Waals surface area contributed by atoms with Crippen molar-refractivity contribution in [1.82, 2.24) is 4.98 Å². The number of anilines is 1. The highest BCUT2D eigenvalue weighted by Gasteiger charge is 2.08. The largest absolute Gasteiger partial charge is 0.355 e. The van der Waals surface area contributed by atoms with E-state index in [1.54, 1.807) is 11.3 Å². The van der Waals surface area contributed by atoms with Crippen molar-refractivity contribution in [3.8, 4) is 0 Å². The van der Waals surface area contributed by atoms with Crippen LogP contribution in [0.25, 0.3) is 0 Å². The van der Waals surface area contributed by atoms with Crippen LogP contribution in [0.3, 0.4) is 0 Å². The molecule has 5 heteroatoms. The minimum absolute atomic E-state index is 0.543. The number of hydrogen-bond acceptors (Lipinski definition) is 4. The first-order valence-corrected chi connectivity index (χ1v) is 7.47. The predicted molar refractivity (Wildman–Crippen MR) is 82.9 cm³/mol. The standard InChI is InChI=1S/C14H18ClN3S/c1-3-11-6-10(8-16)7-14(17-11)18(2)9-12-4-5-13(15)19-12/h4-7H,3,8-9,16H2,1-2H3. The zero-order valence-electron chi connectivity index (χ0n) is 11.2. The smallest absolute Gasteiger partial charge is 0.129 e. The van der Waals surface area contributed by atoms with E-state index in [0.717, 1.165) is 34.4 Å². The zero-order chi connectivity index (χ0) is 13.8. The van der Waals surface area contributed by atoms with Crippen molar-refractivity contribution in [1.29, 1.82) is 0 Å². The number of halogens is 1. The van der Waals surface area contributed by atoms with Crippen LogP contribution in [0.1, 0.15) is 23.1 Å². The molecule has 0 aliphatic carbocycles. The number of aromatic nitrogens is 1. The number of hydrogen-bond donors (Lipinski definition) is 1. The van der Waals surface area contributed by atoms with Crippen LogP contribution in [0.5, 0.6) is 0 Å². The predicted octanol–water partition coefficient (Wildman–Crippen LogP) is 3.45. The van der Waals surface area contributed by atoms with Gasteiger partial charge in [0.25, 0.3) is 0 Å². The summed E-state index contributed by atoms with van der Waals surface area (Å²) in [5, 5.41) is 0. The summed E-state index contributed by atoms with van der Waals surface area (Å²) in [7, 11) is 2.04. The van der Waals surface area contributed by atoms with E-state index in [2.05, 4.69) is 28.9 Å². The van der Waals surface area contributed by atoms with Crippen LogP contribution in [0.15, 0.2) is 24.3 Å². The van der Waals surface area contributed by atoms with Crippen LogP contribution in [0.4, 0.5) is 5.82 Å². The van der Waals surface area contributed by atoms with Crippen LogP contribution < -0.4 is 10.6 Å². The molecule has 0 bridgehead atoms. The second-order valence-electron chi connectivity index (χ2n) is 4.44. The Hall–Kier alpha value is -1.10. The van der Waals surface area contributed by atoms with E-state index in [9.17, 15) is 0 Å². The molecule has 0 aliphatic heterocycles. The number of thiophene rings is 1. The van der Waals surface area contributed by atoms with Gasteiger partial charge in [-0.3, -0.25) is 0 Å². The van der Waals surface area contributed by atoms with E-state index in [1.807, 2.05) is 19.2 Å². The van der Waals surface area contributed by atoms with Gasteiger partial charge in [0, 0.05) is 24.2 Å². The molecule has 0 aliphatic rings. The molecule has 102 valence electrons. The maximum Gasteiger partial charge on any atom is 0.129 e. The second-order valence-corrected chi connectivity index (χ2v) is 6.24. The number of aryl methyl sites for hydroxylation is 1. The molecule has 2 aromatic rings. The fourth-order valence-corrected chi connectivity index (χ4v) is 3.02. The van der Waals surface area contributed by atoms with Gasteiger partial charge >= 0.3 is 0 Å². The van der Waals surface area contributed by atoms with Gasteiger partial charge in [-0.25, -0.2) is 4.98 Å². The number of rotatable bonds is 5. The van der Waals surface area contributed by atoms with Gasteiger partial charge < -0.3 is 10.6 Å². The van der Waals surface area contributed by atoms with E-state index in [-0.39, 0.29) is 0 Å². The SMILES string of the molecule is CCc1cc(CN)cc(N(C)Cc2ccc(Cl)s2)n1. The highest BCUT2D eigenvalue weighted by molar-refractivity contribution is 7.16. The summed E-state index contributed by atoms with van der Waals surface area (Å²) in [5.41, 5.74) is 7.94. The first kappa shape index (κ1) is 14.3. The third-order valence-electron chi connectivity index (χ3n) is 2.94. The molecule has 0 atom stereocenters. The van der Waals surface area contributed by atoms with Crippen molar-refractivity contribution in [2.45, 2.75) is 26.4 Å². The Labute approximate surface area is 123 Å². The fraction of sp³-hybridized carbons (Fsp3) is 0.357. The van der Waals surface area contributed by atoms with Crippen molar-refractivity contribution in [3.63, 3.8) is 0 Å². The molecule has 0 spiro atoms. The molecule has 0 saturated carbocycles. The summed E-state index contributed by atoms with van der Waals surface area (Å²) < 4.78 is 0.821. The normalized spacial score (nSPS) is 10.7. The molecule has 0 saturated heterocycles. The topological polar surface area (TPSA) is 42.1 Å². The van der Waals surface area contributed by atoms with Crippen molar-refractivity contribution in [2.75, 3.05) is 11.9 Å². The fourth-order valence-electron chi connectivity index (χ4n) is 1.88. The molecule has 19 heavy (non-hydrogen) atoms. The third kappa shape index (κ3) is 3.69. The molecular formula is C14H18ClN3S. The Balaban J connectivity index is 2.20. The minimum Gasteiger partial charge on any atom is -0.355 e.